The molecule has 0 radical (unpaired) electrons. The number of aliphatic carboxylic acids is 1. The predicted molar refractivity (Wildman–Crippen MR) is 77.2 cm³/mol. The normalized spacial score (nSPS) is 30.4. The van der Waals surface area contributed by atoms with Crippen molar-refractivity contribution in [2.75, 3.05) is 0 Å². The average molecular weight is 356 g/mol. The van der Waals surface area contributed by atoms with Crippen molar-refractivity contribution in [2.24, 2.45) is 11.8 Å². The summed E-state index contributed by atoms with van der Waals surface area (Å²) in [6, 6.07) is 5.08. The lowest BCUT2D eigenvalue weighted by molar-refractivity contribution is -0.140. The van der Waals surface area contributed by atoms with Crippen LogP contribution in [0.1, 0.15) is 30.7 Å². The number of hydrogen-bond acceptors (Lipinski definition) is 2. The minimum absolute atomic E-state index is 0.0985. The van der Waals surface area contributed by atoms with E-state index >= 15 is 0 Å². The van der Waals surface area contributed by atoms with Crippen LogP contribution in [0.25, 0.3) is 0 Å². The van der Waals surface area contributed by atoms with Crippen LogP contribution in [0.3, 0.4) is 0 Å². The van der Waals surface area contributed by atoms with Crippen LogP contribution in [0.4, 0.5) is 4.39 Å². The zero-order valence-electron chi connectivity index (χ0n) is 11.2. The first kappa shape index (κ1) is 14.5. The molecule has 3 rings (SSSR count). The number of hydrogen-bond donors (Lipinski definition) is 2. The third-order valence-corrected chi connectivity index (χ3v) is 4.95. The molecular formula is C15H15BrFNO3. The minimum Gasteiger partial charge on any atom is -0.481 e. The van der Waals surface area contributed by atoms with Crippen molar-refractivity contribution in [3.8, 4) is 0 Å². The SMILES string of the molecule is O=C(O)C1CC1C(=O)NC1CC(c2ccc(F)c(Br)c2)C1. The van der Waals surface area contributed by atoms with Crippen molar-refractivity contribution in [3.63, 3.8) is 0 Å². The number of carbonyl (C=O) groups excluding carboxylic acids is 1. The van der Waals surface area contributed by atoms with Gasteiger partial charge in [-0.05, 0) is 58.8 Å². The van der Waals surface area contributed by atoms with E-state index in [0.717, 1.165) is 18.4 Å². The number of rotatable bonds is 4. The van der Waals surface area contributed by atoms with E-state index < -0.39 is 11.9 Å². The summed E-state index contributed by atoms with van der Waals surface area (Å²) >= 11 is 3.17. The number of halogens is 2. The van der Waals surface area contributed by atoms with Gasteiger partial charge >= 0.3 is 5.97 Å². The van der Waals surface area contributed by atoms with Crippen molar-refractivity contribution in [1.82, 2.24) is 5.32 Å². The van der Waals surface area contributed by atoms with Crippen molar-refractivity contribution in [1.29, 1.82) is 0 Å². The summed E-state index contributed by atoms with van der Waals surface area (Å²) < 4.78 is 13.6. The topological polar surface area (TPSA) is 66.4 Å². The molecule has 0 saturated heterocycles. The van der Waals surface area contributed by atoms with Crippen LogP contribution in [0.2, 0.25) is 0 Å². The van der Waals surface area contributed by atoms with Crippen LogP contribution in [-0.4, -0.2) is 23.0 Å². The zero-order valence-corrected chi connectivity index (χ0v) is 12.8. The van der Waals surface area contributed by atoms with E-state index in [4.69, 9.17) is 5.11 Å². The summed E-state index contributed by atoms with van der Waals surface area (Å²) in [4.78, 5) is 22.6. The van der Waals surface area contributed by atoms with Crippen LogP contribution in [0.5, 0.6) is 0 Å². The molecule has 0 aromatic heterocycles. The highest BCUT2D eigenvalue weighted by Crippen LogP contribution is 2.41. The van der Waals surface area contributed by atoms with E-state index in [2.05, 4.69) is 21.2 Å². The van der Waals surface area contributed by atoms with Gasteiger partial charge in [-0.3, -0.25) is 9.59 Å². The summed E-state index contributed by atoms with van der Waals surface area (Å²) in [7, 11) is 0. The predicted octanol–water partition coefficient (Wildman–Crippen LogP) is 2.67. The minimum atomic E-state index is -0.891. The van der Waals surface area contributed by atoms with Gasteiger partial charge in [0.2, 0.25) is 5.91 Å². The Hall–Kier alpha value is -1.43. The van der Waals surface area contributed by atoms with Gasteiger partial charge in [0.05, 0.1) is 16.3 Å². The lowest BCUT2D eigenvalue weighted by Crippen LogP contribution is -2.44. The Kier molecular flexibility index (Phi) is 3.73. The molecule has 1 amide bonds. The van der Waals surface area contributed by atoms with Crippen LogP contribution in [-0.2, 0) is 9.59 Å². The summed E-state index contributed by atoms with van der Waals surface area (Å²) in [6.45, 7) is 0. The third-order valence-electron chi connectivity index (χ3n) is 4.34. The standard InChI is InChI=1S/C15H15BrFNO3/c16-12-5-7(1-2-13(12)17)8-3-9(4-8)18-14(19)10-6-11(10)15(20)21/h1-2,5,8-11H,3-4,6H2,(H,18,19)(H,20,21). The van der Waals surface area contributed by atoms with Gasteiger partial charge in [0.1, 0.15) is 5.82 Å². The maximum Gasteiger partial charge on any atom is 0.307 e. The number of carboxylic acids is 1. The monoisotopic (exact) mass is 355 g/mol. The fourth-order valence-corrected chi connectivity index (χ4v) is 3.24. The molecule has 4 nitrogen and oxygen atoms in total. The van der Waals surface area contributed by atoms with Crippen LogP contribution in [0, 0.1) is 17.7 Å². The highest BCUT2D eigenvalue weighted by Gasteiger charge is 2.49. The van der Waals surface area contributed by atoms with Gasteiger partial charge in [-0.15, -0.1) is 0 Å². The van der Waals surface area contributed by atoms with Gasteiger partial charge in [0.25, 0.3) is 0 Å². The first-order valence-electron chi connectivity index (χ1n) is 6.94. The van der Waals surface area contributed by atoms with Gasteiger partial charge in [-0.1, -0.05) is 6.07 Å². The summed E-state index contributed by atoms with van der Waals surface area (Å²) in [5.41, 5.74) is 1.06. The van der Waals surface area contributed by atoms with Crippen molar-refractivity contribution >= 4 is 27.8 Å². The molecule has 0 bridgehead atoms. The van der Waals surface area contributed by atoms with E-state index in [1.54, 1.807) is 12.1 Å². The van der Waals surface area contributed by atoms with Crippen LogP contribution >= 0.6 is 15.9 Å². The second kappa shape index (κ2) is 5.40. The molecule has 2 saturated carbocycles. The van der Waals surface area contributed by atoms with Gasteiger partial charge in [-0.25, -0.2) is 4.39 Å². The first-order valence-corrected chi connectivity index (χ1v) is 7.73. The lowest BCUT2D eigenvalue weighted by Gasteiger charge is -2.36. The molecule has 21 heavy (non-hydrogen) atoms. The number of nitrogens with one attached hydrogen (secondary N) is 1. The molecule has 6 heteroatoms. The first-order chi connectivity index (χ1) is 9.95. The molecule has 0 heterocycles. The second-order valence-corrected chi connectivity index (χ2v) is 6.69. The number of benzene rings is 1. The molecule has 1 aromatic rings. The largest absolute Gasteiger partial charge is 0.481 e. The number of amides is 1. The van der Waals surface area contributed by atoms with E-state index in [1.165, 1.54) is 6.07 Å². The van der Waals surface area contributed by atoms with Crippen molar-refractivity contribution < 1.29 is 19.1 Å². The highest BCUT2D eigenvalue weighted by molar-refractivity contribution is 9.10. The second-order valence-electron chi connectivity index (χ2n) is 5.83. The molecule has 2 atom stereocenters. The Balaban J connectivity index is 1.49. The Bertz CT molecular complexity index is 601. The molecular weight excluding hydrogens is 341 g/mol. The molecule has 2 N–H and O–H groups in total. The molecule has 0 aliphatic heterocycles. The fourth-order valence-electron chi connectivity index (χ4n) is 2.84. The van der Waals surface area contributed by atoms with E-state index in [-0.39, 0.29) is 23.7 Å². The molecule has 112 valence electrons. The van der Waals surface area contributed by atoms with E-state index in [0.29, 0.717) is 16.8 Å². The average Bonchev–Trinajstić information content (AvgIpc) is 3.17. The smallest absolute Gasteiger partial charge is 0.307 e. The number of carbonyl (C=O) groups is 2. The Morgan fingerprint density at radius 2 is 1.95 bits per heavy atom. The quantitative estimate of drug-likeness (QED) is 0.872. The van der Waals surface area contributed by atoms with Gasteiger partial charge in [0.15, 0.2) is 0 Å². The summed E-state index contributed by atoms with van der Waals surface area (Å²) in [5.74, 6) is -1.86. The molecule has 2 unspecified atom stereocenters. The molecule has 0 spiro atoms. The fraction of sp³-hybridized carbons (Fsp3) is 0.467. The van der Waals surface area contributed by atoms with Gasteiger partial charge in [0, 0.05) is 6.04 Å². The molecule has 2 aliphatic rings. The van der Waals surface area contributed by atoms with Gasteiger partial charge in [-0.2, -0.15) is 0 Å². The molecule has 1 aromatic carbocycles. The Morgan fingerprint density at radius 3 is 2.52 bits per heavy atom. The zero-order chi connectivity index (χ0) is 15.1. The number of carboxylic acid groups (broad SMARTS) is 1. The summed E-state index contributed by atoms with van der Waals surface area (Å²) in [5, 5.41) is 11.7. The third kappa shape index (κ3) is 2.95. The highest BCUT2D eigenvalue weighted by atomic mass is 79.9. The summed E-state index contributed by atoms with van der Waals surface area (Å²) in [6.07, 6.45) is 2.07. The maximum absolute atomic E-state index is 13.2. The molecule has 2 aliphatic carbocycles. The maximum atomic E-state index is 13.2. The van der Waals surface area contributed by atoms with Crippen LogP contribution < -0.4 is 5.32 Å². The Labute approximate surface area is 129 Å². The van der Waals surface area contributed by atoms with Crippen LogP contribution in [0.15, 0.2) is 22.7 Å². The van der Waals surface area contributed by atoms with E-state index in [1.807, 2.05) is 0 Å². The molecule has 2 fully saturated rings. The van der Waals surface area contributed by atoms with Gasteiger partial charge < -0.3 is 10.4 Å². The lowest BCUT2D eigenvalue weighted by atomic mass is 9.76. The Morgan fingerprint density at radius 1 is 1.24 bits per heavy atom. The van der Waals surface area contributed by atoms with Crippen molar-refractivity contribution in [2.45, 2.75) is 31.2 Å². The van der Waals surface area contributed by atoms with Crippen molar-refractivity contribution in [3.05, 3.63) is 34.1 Å². The van der Waals surface area contributed by atoms with E-state index in [9.17, 15) is 14.0 Å².